The maximum absolute atomic E-state index is 12.7. The van der Waals surface area contributed by atoms with Crippen LogP contribution in [-0.4, -0.2) is 36.1 Å². The Morgan fingerprint density at radius 2 is 2.00 bits per heavy atom. The molecule has 1 aromatic carbocycles. The van der Waals surface area contributed by atoms with Crippen molar-refractivity contribution in [3.05, 3.63) is 29.8 Å². The normalized spacial score (nSPS) is 25.2. The number of anilines is 1. The molecule has 2 heterocycles. The minimum Gasteiger partial charge on any atom is -0.481 e. The van der Waals surface area contributed by atoms with Crippen molar-refractivity contribution in [2.24, 2.45) is 0 Å². The fourth-order valence-corrected chi connectivity index (χ4v) is 3.30. The summed E-state index contributed by atoms with van der Waals surface area (Å²) < 4.78 is 0. The zero-order valence-corrected chi connectivity index (χ0v) is 11.9. The number of benzene rings is 1. The van der Waals surface area contributed by atoms with E-state index in [1.807, 2.05) is 24.3 Å². The second-order valence-corrected chi connectivity index (χ2v) is 5.73. The number of piperidine rings is 1. The van der Waals surface area contributed by atoms with Crippen molar-refractivity contribution in [1.82, 2.24) is 5.32 Å². The Labute approximate surface area is 123 Å². The lowest BCUT2D eigenvalue weighted by atomic mass is 9.89. The van der Waals surface area contributed by atoms with Gasteiger partial charge in [-0.15, -0.1) is 0 Å². The highest BCUT2D eigenvalue weighted by molar-refractivity contribution is 5.99. The molecule has 1 aromatic rings. The van der Waals surface area contributed by atoms with Crippen molar-refractivity contribution in [3.63, 3.8) is 0 Å². The van der Waals surface area contributed by atoms with Gasteiger partial charge >= 0.3 is 5.97 Å². The minimum atomic E-state index is -0.814. The number of carbonyl (C=O) groups is 2. The third-order valence-corrected chi connectivity index (χ3v) is 4.42. The van der Waals surface area contributed by atoms with E-state index in [-0.39, 0.29) is 11.9 Å². The fraction of sp³-hybridized carbons (Fsp3) is 0.500. The molecule has 2 aliphatic rings. The Morgan fingerprint density at radius 1 is 1.19 bits per heavy atom. The van der Waals surface area contributed by atoms with Crippen LogP contribution in [0.3, 0.4) is 0 Å². The van der Waals surface area contributed by atoms with Gasteiger partial charge in [0.15, 0.2) is 0 Å². The first-order valence-electron chi connectivity index (χ1n) is 7.55. The average molecular weight is 288 g/mol. The van der Waals surface area contributed by atoms with Crippen LogP contribution in [0.15, 0.2) is 24.3 Å². The lowest BCUT2D eigenvalue weighted by molar-refractivity contribution is -0.139. The number of carboxylic acid groups (broad SMARTS) is 1. The Kier molecular flexibility index (Phi) is 3.92. The molecule has 0 bridgehead atoms. The van der Waals surface area contributed by atoms with E-state index in [1.165, 1.54) is 0 Å². The van der Waals surface area contributed by atoms with E-state index in [0.717, 1.165) is 37.1 Å². The van der Waals surface area contributed by atoms with E-state index < -0.39 is 11.9 Å². The van der Waals surface area contributed by atoms with Crippen LogP contribution in [0.5, 0.6) is 0 Å². The predicted molar refractivity (Wildman–Crippen MR) is 79.4 cm³/mol. The standard InChI is InChI=1S/C16H20N2O3/c19-15(13-6-3-4-9-17-13)18-10-8-12(16(20)21)11-5-1-2-7-14(11)18/h1-2,5,7,12-13,17H,3-4,6,8-10H2,(H,20,21)/t12?,13-/m0/s1. The molecule has 0 saturated carbocycles. The molecule has 1 saturated heterocycles. The summed E-state index contributed by atoms with van der Waals surface area (Å²) >= 11 is 0. The molecule has 2 atom stereocenters. The number of para-hydroxylation sites is 1. The van der Waals surface area contributed by atoms with Crippen molar-refractivity contribution in [2.45, 2.75) is 37.6 Å². The van der Waals surface area contributed by atoms with Gasteiger partial charge in [0.2, 0.25) is 5.91 Å². The highest BCUT2D eigenvalue weighted by Gasteiger charge is 2.35. The van der Waals surface area contributed by atoms with Gasteiger partial charge in [0.05, 0.1) is 12.0 Å². The van der Waals surface area contributed by atoms with Gasteiger partial charge in [-0.2, -0.15) is 0 Å². The van der Waals surface area contributed by atoms with Crippen molar-refractivity contribution in [2.75, 3.05) is 18.0 Å². The van der Waals surface area contributed by atoms with Gasteiger partial charge in [0, 0.05) is 12.2 Å². The number of carboxylic acids is 1. The van der Waals surface area contributed by atoms with Gasteiger partial charge in [-0.3, -0.25) is 9.59 Å². The van der Waals surface area contributed by atoms with E-state index in [0.29, 0.717) is 13.0 Å². The molecule has 3 rings (SSSR count). The van der Waals surface area contributed by atoms with Gasteiger partial charge in [-0.1, -0.05) is 24.6 Å². The molecular weight excluding hydrogens is 268 g/mol. The second-order valence-electron chi connectivity index (χ2n) is 5.73. The molecule has 2 N–H and O–H groups in total. The van der Waals surface area contributed by atoms with Crippen molar-refractivity contribution >= 4 is 17.6 Å². The smallest absolute Gasteiger partial charge is 0.311 e. The predicted octanol–water partition coefficient (Wildman–Crippen LogP) is 1.73. The van der Waals surface area contributed by atoms with Crippen LogP contribution in [-0.2, 0) is 9.59 Å². The van der Waals surface area contributed by atoms with E-state index in [9.17, 15) is 14.7 Å². The first-order chi connectivity index (χ1) is 10.2. The number of hydrogen-bond acceptors (Lipinski definition) is 3. The summed E-state index contributed by atoms with van der Waals surface area (Å²) in [5.74, 6) is -1.25. The number of nitrogens with one attached hydrogen (secondary N) is 1. The van der Waals surface area contributed by atoms with E-state index >= 15 is 0 Å². The van der Waals surface area contributed by atoms with Crippen molar-refractivity contribution in [1.29, 1.82) is 0 Å². The molecule has 21 heavy (non-hydrogen) atoms. The summed E-state index contributed by atoms with van der Waals surface area (Å²) in [5, 5.41) is 12.6. The molecule has 2 aliphatic heterocycles. The molecule has 0 aliphatic carbocycles. The zero-order valence-electron chi connectivity index (χ0n) is 11.9. The molecule has 1 amide bonds. The van der Waals surface area contributed by atoms with Crippen LogP contribution < -0.4 is 10.2 Å². The fourth-order valence-electron chi connectivity index (χ4n) is 3.30. The van der Waals surface area contributed by atoms with Gasteiger partial charge in [0.1, 0.15) is 0 Å². The number of fused-ring (bicyclic) bond motifs is 1. The average Bonchev–Trinajstić information content (AvgIpc) is 2.54. The molecular formula is C16H20N2O3. The Hall–Kier alpha value is -1.88. The number of hydrogen-bond donors (Lipinski definition) is 2. The maximum Gasteiger partial charge on any atom is 0.311 e. The van der Waals surface area contributed by atoms with Crippen LogP contribution in [0.25, 0.3) is 0 Å². The molecule has 1 fully saturated rings. The third kappa shape index (κ3) is 2.65. The highest BCUT2D eigenvalue weighted by Crippen LogP contribution is 2.35. The first kappa shape index (κ1) is 14.1. The monoisotopic (exact) mass is 288 g/mol. The van der Waals surface area contributed by atoms with E-state index in [2.05, 4.69) is 5.32 Å². The summed E-state index contributed by atoms with van der Waals surface area (Å²) in [4.78, 5) is 25.8. The van der Waals surface area contributed by atoms with Crippen LogP contribution in [0, 0.1) is 0 Å². The molecule has 0 spiro atoms. The van der Waals surface area contributed by atoms with Crippen molar-refractivity contribution in [3.8, 4) is 0 Å². The topological polar surface area (TPSA) is 69.6 Å². The maximum atomic E-state index is 12.7. The largest absolute Gasteiger partial charge is 0.481 e. The molecule has 5 nitrogen and oxygen atoms in total. The van der Waals surface area contributed by atoms with Gasteiger partial charge in [-0.05, 0) is 37.4 Å². The lowest BCUT2D eigenvalue weighted by Gasteiger charge is -2.36. The number of amides is 1. The third-order valence-electron chi connectivity index (χ3n) is 4.42. The van der Waals surface area contributed by atoms with Gasteiger partial charge in [0.25, 0.3) is 0 Å². The first-order valence-corrected chi connectivity index (χ1v) is 7.55. The van der Waals surface area contributed by atoms with Gasteiger partial charge in [-0.25, -0.2) is 0 Å². The molecule has 5 heteroatoms. The summed E-state index contributed by atoms with van der Waals surface area (Å²) in [6.07, 6.45) is 3.52. The number of rotatable bonds is 2. The van der Waals surface area contributed by atoms with Crippen LogP contribution >= 0.6 is 0 Å². The summed E-state index contributed by atoms with van der Waals surface area (Å²) in [6, 6.07) is 7.24. The number of nitrogens with zero attached hydrogens (tertiary/aromatic N) is 1. The summed E-state index contributed by atoms with van der Waals surface area (Å²) in [7, 11) is 0. The SMILES string of the molecule is O=C(O)C1CCN(C(=O)[C@@H]2CCCCN2)c2ccccc21. The Balaban J connectivity index is 1.88. The molecule has 1 unspecified atom stereocenters. The number of carbonyl (C=O) groups excluding carboxylic acids is 1. The Morgan fingerprint density at radius 3 is 2.71 bits per heavy atom. The molecule has 112 valence electrons. The van der Waals surface area contributed by atoms with E-state index in [1.54, 1.807) is 4.90 Å². The van der Waals surface area contributed by atoms with Crippen LogP contribution in [0.1, 0.15) is 37.2 Å². The Bertz CT molecular complexity index is 552. The van der Waals surface area contributed by atoms with Gasteiger partial charge < -0.3 is 15.3 Å². The summed E-state index contributed by atoms with van der Waals surface area (Å²) in [6.45, 7) is 1.36. The van der Waals surface area contributed by atoms with Crippen molar-refractivity contribution < 1.29 is 14.7 Å². The van der Waals surface area contributed by atoms with Crippen LogP contribution in [0.4, 0.5) is 5.69 Å². The van der Waals surface area contributed by atoms with E-state index in [4.69, 9.17) is 0 Å². The quantitative estimate of drug-likeness (QED) is 0.869. The second kappa shape index (κ2) is 5.85. The molecule has 0 aromatic heterocycles. The lowest BCUT2D eigenvalue weighted by Crippen LogP contribution is -2.50. The van der Waals surface area contributed by atoms with Crippen LogP contribution in [0.2, 0.25) is 0 Å². The number of aliphatic carboxylic acids is 1. The molecule has 0 radical (unpaired) electrons. The minimum absolute atomic E-state index is 0.0750. The highest BCUT2D eigenvalue weighted by atomic mass is 16.4. The summed E-state index contributed by atoms with van der Waals surface area (Å²) in [5.41, 5.74) is 1.51. The zero-order chi connectivity index (χ0) is 14.8.